The van der Waals surface area contributed by atoms with E-state index in [1.54, 1.807) is 11.0 Å². The minimum atomic E-state index is -1.35. The average Bonchev–Trinajstić information content (AvgIpc) is 3.00. The molecule has 0 aliphatic carbocycles. The Morgan fingerprint density at radius 2 is 1.86 bits per heavy atom. The van der Waals surface area contributed by atoms with E-state index in [1.807, 2.05) is 44.2 Å². The van der Waals surface area contributed by atoms with Crippen molar-refractivity contribution in [2.24, 2.45) is 0 Å². The Hall–Kier alpha value is -1.76. The molecule has 1 atom stereocenters. The van der Waals surface area contributed by atoms with Crippen molar-refractivity contribution >= 4 is 0 Å². The van der Waals surface area contributed by atoms with Crippen LogP contribution < -0.4 is 0 Å². The lowest BCUT2D eigenvalue weighted by Gasteiger charge is -2.35. The van der Waals surface area contributed by atoms with Gasteiger partial charge in [0, 0.05) is 13.2 Å². The molecule has 1 N–H and O–H groups in total. The van der Waals surface area contributed by atoms with Gasteiger partial charge in [-0.3, -0.25) is 0 Å². The Balaban J connectivity index is 2.36. The van der Waals surface area contributed by atoms with Crippen LogP contribution in [0.4, 0.5) is 0 Å². The molecule has 0 radical (unpaired) electrons. The molecule has 0 aliphatic heterocycles. The second kappa shape index (κ2) is 7.31. The van der Waals surface area contributed by atoms with Gasteiger partial charge in [0.25, 0.3) is 0 Å². The quantitative estimate of drug-likeness (QED) is 0.748. The summed E-state index contributed by atoms with van der Waals surface area (Å²) in [5.74, 6) is 0. The second-order valence-electron chi connectivity index (χ2n) is 4.63. The standard InChI is InChI=1S/C15H21N3O3/c1-3-20-14(21-4-2)15(19,10-18-12-16-11-17-18)13-8-6-5-7-9-13/h5-9,11-12,14,19H,3-4,10H2,1-2H3/t15-/m0/s1. The zero-order valence-electron chi connectivity index (χ0n) is 12.3. The minimum Gasteiger partial charge on any atom is -0.378 e. The molecule has 1 heterocycles. The number of nitrogens with zero attached hydrogens (tertiary/aromatic N) is 3. The third kappa shape index (κ3) is 3.66. The van der Waals surface area contributed by atoms with Crippen molar-refractivity contribution in [2.75, 3.05) is 13.2 Å². The van der Waals surface area contributed by atoms with E-state index in [2.05, 4.69) is 10.1 Å². The lowest BCUT2D eigenvalue weighted by atomic mass is 9.92. The number of benzene rings is 1. The largest absolute Gasteiger partial charge is 0.378 e. The fourth-order valence-electron chi connectivity index (χ4n) is 2.22. The molecule has 0 aliphatic rings. The number of hydrogen-bond acceptors (Lipinski definition) is 5. The van der Waals surface area contributed by atoms with Crippen molar-refractivity contribution in [1.29, 1.82) is 0 Å². The monoisotopic (exact) mass is 291 g/mol. The van der Waals surface area contributed by atoms with Gasteiger partial charge in [0.2, 0.25) is 0 Å². The van der Waals surface area contributed by atoms with Crippen LogP contribution in [0.5, 0.6) is 0 Å². The maximum absolute atomic E-state index is 11.2. The smallest absolute Gasteiger partial charge is 0.192 e. The summed E-state index contributed by atoms with van der Waals surface area (Å²) in [4.78, 5) is 3.91. The first-order chi connectivity index (χ1) is 10.2. The van der Waals surface area contributed by atoms with Crippen molar-refractivity contribution in [1.82, 2.24) is 14.8 Å². The van der Waals surface area contributed by atoms with Gasteiger partial charge in [-0.1, -0.05) is 30.3 Å². The van der Waals surface area contributed by atoms with E-state index >= 15 is 0 Å². The Morgan fingerprint density at radius 1 is 1.19 bits per heavy atom. The van der Waals surface area contributed by atoms with Crippen LogP contribution in [0, 0.1) is 0 Å². The average molecular weight is 291 g/mol. The fraction of sp³-hybridized carbons (Fsp3) is 0.467. The van der Waals surface area contributed by atoms with Crippen LogP contribution in [0.25, 0.3) is 0 Å². The van der Waals surface area contributed by atoms with Gasteiger partial charge >= 0.3 is 0 Å². The van der Waals surface area contributed by atoms with Crippen molar-refractivity contribution in [3.63, 3.8) is 0 Å². The molecule has 0 fully saturated rings. The third-order valence-electron chi connectivity index (χ3n) is 3.17. The van der Waals surface area contributed by atoms with Crippen LogP contribution in [0.2, 0.25) is 0 Å². The van der Waals surface area contributed by atoms with Crippen LogP contribution in [0.3, 0.4) is 0 Å². The molecule has 2 rings (SSSR count). The number of aliphatic hydroxyl groups is 1. The Kier molecular flexibility index (Phi) is 5.44. The van der Waals surface area contributed by atoms with E-state index < -0.39 is 11.9 Å². The van der Waals surface area contributed by atoms with Crippen molar-refractivity contribution in [3.05, 3.63) is 48.5 Å². The Bertz CT molecular complexity index is 512. The van der Waals surface area contributed by atoms with Gasteiger partial charge in [-0.25, -0.2) is 9.67 Å². The summed E-state index contributed by atoms with van der Waals surface area (Å²) >= 11 is 0. The van der Waals surface area contributed by atoms with Crippen LogP contribution in [-0.4, -0.2) is 39.4 Å². The van der Waals surface area contributed by atoms with Crippen LogP contribution in [0.1, 0.15) is 19.4 Å². The van der Waals surface area contributed by atoms with E-state index in [0.717, 1.165) is 0 Å². The minimum absolute atomic E-state index is 0.196. The third-order valence-corrected chi connectivity index (χ3v) is 3.17. The normalized spacial score (nSPS) is 14.3. The number of hydrogen-bond donors (Lipinski definition) is 1. The highest BCUT2D eigenvalue weighted by Crippen LogP contribution is 2.30. The Labute approximate surface area is 124 Å². The summed E-state index contributed by atoms with van der Waals surface area (Å²) in [6.45, 7) is 4.82. The summed E-state index contributed by atoms with van der Waals surface area (Å²) in [6, 6.07) is 9.34. The molecule has 114 valence electrons. The van der Waals surface area contributed by atoms with Crippen molar-refractivity contribution in [2.45, 2.75) is 32.3 Å². The van der Waals surface area contributed by atoms with E-state index in [9.17, 15) is 5.11 Å². The first kappa shape index (κ1) is 15.6. The van der Waals surface area contributed by atoms with E-state index in [0.29, 0.717) is 18.8 Å². The number of ether oxygens (including phenoxy) is 2. The van der Waals surface area contributed by atoms with Gasteiger partial charge in [-0.15, -0.1) is 0 Å². The highest BCUT2D eigenvalue weighted by atomic mass is 16.7. The summed E-state index contributed by atoms with van der Waals surface area (Å²) < 4.78 is 12.8. The maximum atomic E-state index is 11.2. The van der Waals surface area contributed by atoms with Crippen LogP contribution in [0.15, 0.2) is 43.0 Å². The lowest BCUT2D eigenvalue weighted by Crippen LogP contribution is -2.46. The molecule has 1 aromatic heterocycles. The van der Waals surface area contributed by atoms with Crippen LogP contribution in [-0.2, 0) is 21.6 Å². The zero-order chi connectivity index (χ0) is 15.1. The van der Waals surface area contributed by atoms with Crippen LogP contribution >= 0.6 is 0 Å². The number of aromatic nitrogens is 3. The highest BCUT2D eigenvalue weighted by molar-refractivity contribution is 5.23. The highest BCUT2D eigenvalue weighted by Gasteiger charge is 2.41. The van der Waals surface area contributed by atoms with Gasteiger partial charge in [0.1, 0.15) is 12.7 Å². The number of rotatable bonds is 8. The predicted octanol–water partition coefficient (Wildman–Crippen LogP) is 1.56. The molecule has 21 heavy (non-hydrogen) atoms. The molecule has 6 heteroatoms. The first-order valence-corrected chi connectivity index (χ1v) is 7.04. The van der Waals surface area contributed by atoms with Crippen molar-refractivity contribution in [3.8, 4) is 0 Å². The van der Waals surface area contributed by atoms with E-state index in [-0.39, 0.29) is 6.54 Å². The van der Waals surface area contributed by atoms with E-state index in [1.165, 1.54) is 6.33 Å². The van der Waals surface area contributed by atoms with Gasteiger partial charge in [0.05, 0.1) is 6.54 Å². The van der Waals surface area contributed by atoms with Gasteiger partial charge in [-0.05, 0) is 19.4 Å². The summed E-state index contributed by atoms with van der Waals surface area (Å²) in [5.41, 5.74) is -0.631. The molecule has 0 bridgehead atoms. The fourth-order valence-corrected chi connectivity index (χ4v) is 2.22. The zero-order valence-corrected chi connectivity index (χ0v) is 12.3. The molecule has 1 aromatic carbocycles. The molecule has 0 saturated heterocycles. The summed E-state index contributed by atoms with van der Waals surface area (Å²) in [6.07, 6.45) is 2.21. The molecule has 0 spiro atoms. The summed E-state index contributed by atoms with van der Waals surface area (Å²) in [5, 5.41) is 15.3. The lowest BCUT2D eigenvalue weighted by molar-refractivity contribution is -0.245. The van der Waals surface area contributed by atoms with Gasteiger partial charge < -0.3 is 14.6 Å². The molecular formula is C15H21N3O3. The topological polar surface area (TPSA) is 69.4 Å². The predicted molar refractivity (Wildman–Crippen MR) is 77.4 cm³/mol. The van der Waals surface area contributed by atoms with E-state index in [4.69, 9.17) is 9.47 Å². The molecule has 6 nitrogen and oxygen atoms in total. The molecule has 2 aromatic rings. The maximum Gasteiger partial charge on any atom is 0.192 e. The van der Waals surface area contributed by atoms with Gasteiger partial charge in [0.15, 0.2) is 11.9 Å². The molecule has 0 unspecified atom stereocenters. The van der Waals surface area contributed by atoms with Gasteiger partial charge in [-0.2, -0.15) is 5.10 Å². The second-order valence-corrected chi connectivity index (χ2v) is 4.63. The molecular weight excluding hydrogens is 270 g/mol. The summed E-state index contributed by atoms with van der Waals surface area (Å²) in [7, 11) is 0. The SMILES string of the molecule is CCOC(OCC)[C@](O)(Cn1cncn1)c1ccccc1. The first-order valence-electron chi connectivity index (χ1n) is 7.04. The molecule has 0 saturated carbocycles. The Morgan fingerprint density at radius 3 is 2.38 bits per heavy atom. The van der Waals surface area contributed by atoms with Crippen molar-refractivity contribution < 1.29 is 14.6 Å². The molecule has 0 amide bonds.